The van der Waals surface area contributed by atoms with Gasteiger partial charge in [-0.1, -0.05) is 41.9 Å². The molecule has 0 saturated carbocycles. The molecule has 2 aromatic heterocycles. The average Bonchev–Trinajstić information content (AvgIpc) is 3.13. The van der Waals surface area contributed by atoms with E-state index in [2.05, 4.69) is 15.4 Å². The molecule has 0 aliphatic heterocycles. The van der Waals surface area contributed by atoms with Crippen LogP contribution >= 0.6 is 11.6 Å². The van der Waals surface area contributed by atoms with Crippen molar-refractivity contribution in [3.63, 3.8) is 0 Å². The van der Waals surface area contributed by atoms with E-state index in [1.54, 1.807) is 42.5 Å². The van der Waals surface area contributed by atoms with Crippen molar-refractivity contribution in [2.75, 3.05) is 19.0 Å². The SMILES string of the molecule is COc1ccc(NC(=O)COc2cc(C(F)(F)F)c3c(-c4ccccc4)nn(C)c3n2)cc1Cl. The van der Waals surface area contributed by atoms with Crippen LogP contribution in [0.4, 0.5) is 18.9 Å². The standard InChI is InChI=1S/C23H18ClF3N4O3/c1-31-22-20(21(30-31)13-6-4-3-5-7-13)15(23(25,26)27)11-19(29-22)34-12-18(32)28-14-8-9-17(33-2)16(24)10-14/h3-11H,12H2,1-2H3,(H,28,32). The summed E-state index contributed by atoms with van der Waals surface area (Å²) >= 11 is 6.03. The van der Waals surface area contributed by atoms with Gasteiger partial charge in [0.1, 0.15) is 11.4 Å². The highest BCUT2D eigenvalue weighted by atomic mass is 35.5. The Morgan fingerprint density at radius 1 is 1.15 bits per heavy atom. The molecule has 2 heterocycles. The van der Waals surface area contributed by atoms with Crippen LogP contribution in [0.5, 0.6) is 11.6 Å². The maximum Gasteiger partial charge on any atom is 0.417 e. The lowest BCUT2D eigenvalue weighted by atomic mass is 10.0. The van der Waals surface area contributed by atoms with Crippen molar-refractivity contribution in [2.45, 2.75) is 6.18 Å². The molecular weight excluding hydrogens is 473 g/mol. The Hall–Kier alpha value is -3.79. The number of anilines is 1. The zero-order valence-corrected chi connectivity index (χ0v) is 18.7. The molecule has 0 atom stereocenters. The van der Waals surface area contributed by atoms with Gasteiger partial charge in [0.05, 0.1) is 23.1 Å². The second-order valence-electron chi connectivity index (χ2n) is 7.23. The molecule has 0 aliphatic carbocycles. The molecule has 0 fully saturated rings. The number of aromatic nitrogens is 3. The number of hydrogen-bond acceptors (Lipinski definition) is 5. The first-order chi connectivity index (χ1) is 16.2. The number of hydrogen-bond donors (Lipinski definition) is 1. The average molecular weight is 491 g/mol. The number of rotatable bonds is 6. The van der Waals surface area contributed by atoms with Crippen LogP contribution in [-0.4, -0.2) is 34.4 Å². The van der Waals surface area contributed by atoms with Crippen molar-refractivity contribution in [1.82, 2.24) is 14.8 Å². The minimum Gasteiger partial charge on any atom is -0.495 e. The third-order valence-electron chi connectivity index (χ3n) is 4.91. The van der Waals surface area contributed by atoms with Crippen molar-refractivity contribution < 1.29 is 27.4 Å². The minimum absolute atomic E-state index is 0.0222. The molecule has 1 N–H and O–H groups in total. The van der Waals surface area contributed by atoms with Crippen LogP contribution in [0.1, 0.15) is 5.56 Å². The van der Waals surface area contributed by atoms with Gasteiger partial charge in [0.15, 0.2) is 12.3 Å². The summed E-state index contributed by atoms with van der Waals surface area (Å²) in [5.41, 5.74) is 0.0657. The first-order valence-corrected chi connectivity index (χ1v) is 10.3. The van der Waals surface area contributed by atoms with Crippen molar-refractivity contribution in [3.8, 4) is 22.9 Å². The molecule has 1 amide bonds. The van der Waals surface area contributed by atoms with Gasteiger partial charge in [0, 0.05) is 24.4 Å². The maximum absolute atomic E-state index is 14.0. The van der Waals surface area contributed by atoms with Crippen molar-refractivity contribution in [1.29, 1.82) is 0 Å². The number of fused-ring (bicyclic) bond motifs is 1. The lowest BCUT2D eigenvalue weighted by Gasteiger charge is -2.12. The van der Waals surface area contributed by atoms with Crippen LogP contribution in [-0.2, 0) is 18.0 Å². The van der Waals surface area contributed by atoms with Gasteiger partial charge in [-0.25, -0.2) is 4.68 Å². The highest BCUT2D eigenvalue weighted by Gasteiger charge is 2.36. The molecule has 0 unspecified atom stereocenters. The summed E-state index contributed by atoms with van der Waals surface area (Å²) in [5.74, 6) is -0.531. The molecule has 34 heavy (non-hydrogen) atoms. The zero-order valence-electron chi connectivity index (χ0n) is 18.0. The summed E-state index contributed by atoms with van der Waals surface area (Å²) in [5, 5.41) is 6.94. The number of nitrogens with one attached hydrogen (secondary N) is 1. The van der Waals surface area contributed by atoms with Crippen LogP contribution in [0.3, 0.4) is 0 Å². The third-order valence-corrected chi connectivity index (χ3v) is 5.20. The van der Waals surface area contributed by atoms with E-state index in [1.165, 1.54) is 24.9 Å². The van der Waals surface area contributed by atoms with E-state index >= 15 is 0 Å². The summed E-state index contributed by atoms with van der Waals surface area (Å²) in [6, 6.07) is 13.9. The number of pyridine rings is 1. The Kier molecular flexibility index (Phi) is 6.34. The molecule has 11 heteroatoms. The summed E-state index contributed by atoms with van der Waals surface area (Å²) in [7, 11) is 2.95. The number of halogens is 4. The summed E-state index contributed by atoms with van der Waals surface area (Å²) < 4.78 is 53.5. The summed E-state index contributed by atoms with van der Waals surface area (Å²) in [4.78, 5) is 16.4. The second-order valence-corrected chi connectivity index (χ2v) is 7.64. The predicted molar refractivity (Wildman–Crippen MR) is 121 cm³/mol. The van der Waals surface area contributed by atoms with Crippen LogP contribution < -0.4 is 14.8 Å². The van der Waals surface area contributed by atoms with Crippen LogP contribution in [0.25, 0.3) is 22.3 Å². The van der Waals surface area contributed by atoms with E-state index in [0.29, 0.717) is 17.0 Å². The molecule has 4 aromatic rings. The molecule has 0 aliphatic rings. The van der Waals surface area contributed by atoms with Gasteiger partial charge in [-0.3, -0.25) is 4.79 Å². The molecule has 4 rings (SSSR count). The molecular formula is C23H18ClF3N4O3. The number of carbonyl (C=O) groups excluding carboxylic acids is 1. The quantitative estimate of drug-likeness (QED) is 0.395. The molecule has 0 radical (unpaired) electrons. The Bertz CT molecular complexity index is 1360. The Labute approximate surface area is 197 Å². The third kappa shape index (κ3) is 4.76. The van der Waals surface area contributed by atoms with Gasteiger partial charge < -0.3 is 14.8 Å². The number of aryl methyl sites for hydroxylation is 1. The normalized spacial score (nSPS) is 11.5. The molecule has 176 valence electrons. The number of methoxy groups -OCH3 is 1. The van der Waals surface area contributed by atoms with Crippen LogP contribution in [0.15, 0.2) is 54.6 Å². The number of ether oxygens (including phenoxy) is 2. The first kappa shape index (κ1) is 23.4. The number of alkyl halides is 3. The van der Waals surface area contributed by atoms with E-state index in [-0.39, 0.29) is 27.6 Å². The smallest absolute Gasteiger partial charge is 0.417 e. The highest BCUT2D eigenvalue weighted by Crippen LogP contribution is 2.40. The van der Waals surface area contributed by atoms with Gasteiger partial charge in [-0.15, -0.1) is 0 Å². The Morgan fingerprint density at radius 2 is 1.88 bits per heavy atom. The van der Waals surface area contributed by atoms with Gasteiger partial charge in [0.2, 0.25) is 5.88 Å². The van der Waals surface area contributed by atoms with E-state index in [0.717, 1.165) is 6.07 Å². The predicted octanol–water partition coefficient (Wildman–Crippen LogP) is 5.33. The Balaban J connectivity index is 1.62. The zero-order chi connectivity index (χ0) is 24.5. The van der Waals surface area contributed by atoms with E-state index < -0.39 is 24.3 Å². The number of benzene rings is 2. The van der Waals surface area contributed by atoms with Crippen molar-refractivity contribution >= 4 is 34.2 Å². The first-order valence-electron chi connectivity index (χ1n) is 9.94. The number of amides is 1. The fraction of sp³-hybridized carbons (Fsp3) is 0.174. The van der Waals surface area contributed by atoms with Gasteiger partial charge >= 0.3 is 6.18 Å². The van der Waals surface area contributed by atoms with E-state index in [9.17, 15) is 18.0 Å². The van der Waals surface area contributed by atoms with E-state index in [4.69, 9.17) is 21.1 Å². The van der Waals surface area contributed by atoms with Gasteiger partial charge in [0.25, 0.3) is 5.91 Å². The summed E-state index contributed by atoms with van der Waals surface area (Å²) in [6.07, 6.45) is -4.70. The second kappa shape index (κ2) is 9.22. The lowest BCUT2D eigenvalue weighted by molar-refractivity contribution is -0.136. The molecule has 0 saturated heterocycles. The molecule has 2 aromatic carbocycles. The number of carbonyl (C=O) groups is 1. The van der Waals surface area contributed by atoms with Crippen LogP contribution in [0.2, 0.25) is 5.02 Å². The van der Waals surface area contributed by atoms with Crippen molar-refractivity contribution in [3.05, 3.63) is 65.2 Å². The lowest BCUT2D eigenvalue weighted by Crippen LogP contribution is -2.20. The molecule has 0 bridgehead atoms. The fourth-order valence-corrected chi connectivity index (χ4v) is 3.66. The maximum atomic E-state index is 14.0. The van der Waals surface area contributed by atoms with Gasteiger partial charge in [-0.2, -0.15) is 23.3 Å². The largest absolute Gasteiger partial charge is 0.495 e. The minimum atomic E-state index is -4.70. The number of nitrogens with zero attached hydrogens (tertiary/aromatic N) is 3. The summed E-state index contributed by atoms with van der Waals surface area (Å²) in [6.45, 7) is -0.567. The monoisotopic (exact) mass is 490 g/mol. The van der Waals surface area contributed by atoms with E-state index in [1.807, 2.05) is 0 Å². The molecule has 0 spiro atoms. The Morgan fingerprint density at radius 3 is 2.53 bits per heavy atom. The highest BCUT2D eigenvalue weighted by molar-refractivity contribution is 6.32. The fourth-order valence-electron chi connectivity index (χ4n) is 3.40. The molecule has 7 nitrogen and oxygen atoms in total. The van der Waals surface area contributed by atoms with Crippen molar-refractivity contribution in [2.24, 2.45) is 7.05 Å². The topological polar surface area (TPSA) is 78.3 Å². The van der Waals surface area contributed by atoms with Gasteiger partial charge in [-0.05, 0) is 18.2 Å². The van der Waals surface area contributed by atoms with Crippen LogP contribution in [0, 0.1) is 0 Å².